The van der Waals surface area contributed by atoms with Crippen LogP contribution in [0.5, 0.6) is 0 Å². The maximum Gasteiger partial charge on any atom is 0.111 e. The van der Waals surface area contributed by atoms with Crippen LogP contribution >= 0.6 is 12.4 Å². The van der Waals surface area contributed by atoms with Gasteiger partial charge in [-0.1, -0.05) is 12.8 Å². The van der Waals surface area contributed by atoms with Gasteiger partial charge in [-0.25, -0.2) is 0 Å². The highest BCUT2D eigenvalue weighted by molar-refractivity contribution is 5.85. The van der Waals surface area contributed by atoms with E-state index < -0.39 is 0 Å². The molecule has 3 heteroatoms. The largest absolute Gasteiger partial charge is 0.361 e. The highest BCUT2D eigenvalue weighted by atomic mass is 35.5. The molecule has 0 spiro atoms. The number of hydrogen-bond acceptors (Lipinski definition) is 2. The van der Waals surface area contributed by atoms with Crippen molar-refractivity contribution in [3.8, 4) is 0 Å². The van der Waals surface area contributed by atoms with E-state index in [9.17, 15) is 0 Å². The van der Waals surface area contributed by atoms with Gasteiger partial charge in [-0.2, -0.15) is 0 Å². The van der Waals surface area contributed by atoms with Crippen molar-refractivity contribution in [1.29, 1.82) is 0 Å². The number of nitrogens with one attached hydrogen (secondary N) is 1. The number of halogens is 1. The highest BCUT2D eigenvalue weighted by Gasteiger charge is 2.36. The van der Waals surface area contributed by atoms with Gasteiger partial charge in [-0.15, -0.1) is 12.4 Å². The Kier molecular flexibility index (Phi) is 3.61. The van der Waals surface area contributed by atoms with E-state index in [1.54, 1.807) is 0 Å². The lowest BCUT2D eigenvalue weighted by molar-refractivity contribution is 0.0533. The first-order valence-corrected chi connectivity index (χ1v) is 5.07. The first kappa shape index (κ1) is 11.3. The summed E-state index contributed by atoms with van der Waals surface area (Å²) in [6.45, 7) is 5.29. The molecule has 0 amide bonds. The molecule has 0 aromatic heterocycles. The minimum Gasteiger partial charge on any atom is -0.361 e. The van der Waals surface area contributed by atoms with E-state index in [4.69, 9.17) is 4.74 Å². The number of ether oxygens (including phenoxy) is 1. The van der Waals surface area contributed by atoms with Gasteiger partial charge >= 0.3 is 0 Å². The molecule has 2 aliphatic rings. The maximum atomic E-state index is 5.74. The average molecular weight is 206 g/mol. The quantitative estimate of drug-likeness (QED) is 0.710. The third-order valence-corrected chi connectivity index (χ3v) is 2.98. The fraction of sp³-hybridized carbons (Fsp3) is 1.00. The first-order chi connectivity index (χ1) is 5.67. The van der Waals surface area contributed by atoms with Crippen LogP contribution in [-0.2, 0) is 4.74 Å². The third kappa shape index (κ3) is 2.58. The van der Waals surface area contributed by atoms with Gasteiger partial charge < -0.3 is 4.74 Å². The Balaban J connectivity index is 0.000000845. The molecule has 1 heterocycles. The second-order valence-electron chi connectivity index (χ2n) is 4.80. The van der Waals surface area contributed by atoms with Crippen molar-refractivity contribution in [2.45, 2.75) is 51.3 Å². The van der Waals surface area contributed by atoms with Gasteiger partial charge in [0.1, 0.15) is 6.23 Å². The van der Waals surface area contributed by atoms with Gasteiger partial charge in [0.2, 0.25) is 0 Å². The summed E-state index contributed by atoms with van der Waals surface area (Å²) in [7, 11) is 0. The maximum absolute atomic E-state index is 5.74. The molecule has 1 saturated heterocycles. The van der Waals surface area contributed by atoms with E-state index >= 15 is 0 Å². The molecule has 1 atom stereocenters. The molecule has 1 aliphatic heterocycles. The Labute approximate surface area is 86.8 Å². The van der Waals surface area contributed by atoms with Crippen molar-refractivity contribution < 1.29 is 4.74 Å². The predicted molar refractivity (Wildman–Crippen MR) is 56.2 cm³/mol. The molecule has 13 heavy (non-hydrogen) atoms. The van der Waals surface area contributed by atoms with E-state index in [0.717, 1.165) is 12.5 Å². The summed E-state index contributed by atoms with van der Waals surface area (Å²) in [5, 5.41) is 3.55. The van der Waals surface area contributed by atoms with Gasteiger partial charge in [0.25, 0.3) is 0 Å². The van der Waals surface area contributed by atoms with Gasteiger partial charge in [0, 0.05) is 5.54 Å². The van der Waals surface area contributed by atoms with Crippen molar-refractivity contribution in [3.05, 3.63) is 0 Å². The van der Waals surface area contributed by atoms with E-state index in [-0.39, 0.29) is 17.9 Å². The van der Waals surface area contributed by atoms with Crippen molar-refractivity contribution in [3.63, 3.8) is 0 Å². The lowest BCUT2D eigenvalue weighted by Gasteiger charge is -2.21. The molecule has 0 aromatic carbocycles. The summed E-state index contributed by atoms with van der Waals surface area (Å²) in [6, 6.07) is 0. The molecule has 2 nitrogen and oxygen atoms in total. The van der Waals surface area contributed by atoms with E-state index in [0.29, 0.717) is 6.23 Å². The second-order valence-corrected chi connectivity index (χ2v) is 4.80. The van der Waals surface area contributed by atoms with Crippen LogP contribution in [0, 0.1) is 5.92 Å². The fourth-order valence-electron chi connectivity index (χ4n) is 2.28. The summed E-state index contributed by atoms with van der Waals surface area (Å²) >= 11 is 0. The molecule has 1 unspecified atom stereocenters. The van der Waals surface area contributed by atoms with Gasteiger partial charge in [-0.05, 0) is 32.6 Å². The zero-order chi connectivity index (χ0) is 8.60. The Hall–Kier alpha value is 0.210. The Morgan fingerprint density at radius 1 is 1.23 bits per heavy atom. The summed E-state index contributed by atoms with van der Waals surface area (Å²) in [5.41, 5.74) is 0.202. The first-order valence-electron chi connectivity index (χ1n) is 5.07. The lowest BCUT2D eigenvalue weighted by Crippen LogP contribution is -2.41. The molecule has 2 fully saturated rings. The standard InChI is InChI=1S/C10H19NO.ClH/c1-10(2)7-12-9(11-10)8-5-3-4-6-8;/h8-9,11H,3-7H2,1-2H3;1H. The van der Waals surface area contributed by atoms with Gasteiger partial charge in [0.15, 0.2) is 0 Å². The molecule has 78 valence electrons. The number of rotatable bonds is 1. The summed E-state index contributed by atoms with van der Waals surface area (Å²) in [4.78, 5) is 0. The number of hydrogen-bond donors (Lipinski definition) is 1. The summed E-state index contributed by atoms with van der Waals surface area (Å²) in [5.74, 6) is 0.784. The van der Waals surface area contributed by atoms with E-state index in [1.807, 2.05) is 0 Å². The zero-order valence-corrected chi connectivity index (χ0v) is 9.32. The molecule has 1 N–H and O–H groups in total. The van der Waals surface area contributed by atoms with E-state index in [1.165, 1.54) is 25.7 Å². The molecular weight excluding hydrogens is 186 g/mol. The molecule has 2 rings (SSSR count). The van der Waals surface area contributed by atoms with Crippen molar-refractivity contribution >= 4 is 12.4 Å². The van der Waals surface area contributed by atoms with Crippen LogP contribution in [0.15, 0.2) is 0 Å². The third-order valence-electron chi connectivity index (χ3n) is 2.98. The van der Waals surface area contributed by atoms with Crippen molar-refractivity contribution in [2.75, 3.05) is 6.61 Å². The monoisotopic (exact) mass is 205 g/mol. The fourth-order valence-corrected chi connectivity index (χ4v) is 2.28. The second kappa shape index (κ2) is 4.16. The summed E-state index contributed by atoms with van der Waals surface area (Å²) < 4.78 is 5.74. The molecule has 1 aliphatic carbocycles. The van der Waals surface area contributed by atoms with Crippen LogP contribution in [0.1, 0.15) is 39.5 Å². The average Bonchev–Trinajstić information content (AvgIpc) is 2.55. The zero-order valence-electron chi connectivity index (χ0n) is 8.51. The minimum absolute atomic E-state index is 0. The smallest absolute Gasteiger partial charge is 0.111 e. The SMILES string of the molecule is CC1(C)COC(C2CCCC2)N1.Cl. The van der Waals surface area contributed by atoms with Crippen molar-refractivity contribution in [1.82, 2.24) is 5.32 Å². The van der Waals surface area contributed by atoms with Crippen LogP contribution in [0.3, 0.4) is 0 Å². The highest BCUT2D eigenvalue weighted by Crippen LogP contribution is 2.31. The minimum atomic E-state index is 0. The molecule has 1 saturated carbocycles. The van der Waals surface area contributed by atoms with Crippen LogP contribution in [-0.4, -0.2) is 18.4 Å². The van der Waals surface area contributed by atoms with Gasteiger partial charge in [-0.3, -0.25) is 5.32 Å². The predicted octanol–water partition coefficient (Wildman–Crippen LogP) is 2.32. The van der Waals surface area contributed by atoms with Crippen LogP contribution in [0.4, 0.5) is 0 Å². The lowest BCUT2D eigenvalue weighted by atomic mass is 10.0. The summed E-state index contributed by atoms with van der Waals surface area (Å²) in [6.07, 6.45) is 5.85. The molecular formula is C10H20ClNO. The molecule has 0 aromatic rings. The molecule has 0 radical (unpaired) electrons. The van der Waals surface area contributed by atoms with Crippen LogP contribution in [0.25, 0.3) is 0 Å². The van der Waals surface area contributed by atoms with E-state index in [2.05, 4.69) is 19.2 Å². The Morgan fingerprint density at radius 2 is 1.85 bits per heavy atom. The normalized spacial score (nSPS) is 33.2. The van der Waals surface area contributed by atoms with Crippen LogP contribution < -0.4 is 5.32 Å². The molecule has 0 bridgehead atoms. The topological polar surface area (TPSA) is 21.3 Å². The Morgan fingerprint density at radius 3 is 2.31 bits per heavy atom. The Bertz CT molecular complexity index is 166. The van der Waals surface area contributed by atoms with Gasteiger partial charge in [0.05, 0.1) is 6.61 Å². The van der Waals surface area contributed by atoms with Crippen molar-refractivity contribution in [2.24, 2.45) is 5.92 Å². The van der Waals surface area contributed by atoms with Crippen LogP contribution in [0.2, 0.25) is 0 Å².